The van der Waals surface area contributed by atoms with Gasteiger partial charge in [0.05, 0.1) is 22.0 Å². The fourth-order valence-electron chi connectivity index (χ4n) is 2.78. The Kier molecular flexibility index (Phi) is 5.08. The predicted octanol–water partition coefficient (Wildman–Crippen LogP) is 3.03. The van der Waals surface area contributed by atoms with Gasteiger partial charge in [0.1, 0.15) is 5.69 Å². The van der Waals surface area contributed by atoms with Crippen LogP contribution < -0.4 is 11.1 Å². The lowest BCUT2D eigenvalue weighted by Gasteiger charge is -2.33. The predicted molar refractivity (Wildman–Crippen MR) is 105 cm³/mol. The molecule has 0 saturated heterocycles. The van der Waals surface area contributed by atoms with Gasteiger partial charge in [-0.1, -0.05) is 35.3 Å². The Morgan fingerprint density at radius 2 is 2.07 bits per heavy atom. The van der Waals surface area contributed by atoms with E-state index in [2.05, 4.69) is 15.3 Å². The third-order valence-corrected chi connectivity index (χ3v) is 4.83. The second kappa shape index (κ2) is 7.17. The smallest absolute Gasteiger partial charge is 0.275 e. The maximum Gasteiger partial charge on any atom is 0.275 e. The van der Waals surface area contributed by atoms with Crippen LogP contribution in [0.2, 0.25) is 10.0 Å². The van der Waals surface area contributed by atoms with E-state index >= 15 is 0 Å². The third kappa shape index (κ3) is 3.89. The highest BCUT2D eigenvalue weighted by Gasteiger charge is 2.36. The quantitative estimate of drug-likeness (QED) is 0.818. The Morgan fingerprint density at radius 3 is 2.74 bits per heavy atom. The largest absolute Gasteiger partial charge is 0.369 e. The van der Waals surface area contributed by atoms with Crippen molar-refractivity contribution >= 4 is 46.7 Å². The first-order valence-electron chi connectivity index (χ1n) is 8.04. The molecule has 0 fully saturated rings. The van der Waals surface area contributed by atoms with Crippen molar-refractivity contribution < 1.29 is 9.59 Å². The maximum atomic E-state index is 12.5. The van der Waals surface area contributed by atoms with Crippen molar-refractivity contribution in [2.24, 2.45) is 10.7 Å². The molecule has 0 radical (unpaired) electrons. The first-order valence-corrected chi connectivity index (χ1v) is 8.80. The third-order valence-electron chi connectivity index (χ3n) is 4.34. The summed E-state index contributed by atoms with van der Waals surface area (Å²) in [6.45, 7) is 1.82. The molecule has 0 aliphatic carbocycles. The Balaban J connectivity index is 1.88. The summed E-state index contributed by atoms with van der Waals surface area (Å²) in [6, 6.07) is 8.51. The Bertz CT molecular complexity index is 963. The summed E-state index contributed by atoms with van der Waals surface area (Å²) in [5.74, 6) is -0.446. The number of rotatable bonds is 3. The summed E-state index contributed by atoms with van der Waals surface area (Å²) in [5, 5.41) is 3.24. The number of nitrogens with one attached hydrogen (secondary N) is 1. The van der Waals surface area contributed by atoms with Gasteiger partial charge in [0.2, 0.25) is 5.91 Å². The van der Waals surface area contributed by atoms with Crippen molar-refractivity contribution in [2.45, 2.75) is 18.9 Å². The van der Waals surface area contributed by atoms with Crippen LogP contribution in [-0.4, -0.2) is 34.7 Å². The molecule has 1 atom stereocenters. The molecule has 0 spiro atoms. The zero-order valence-corrected chi connectivity index (χ0v) is 16.2. The number of carbonyl (C=O) groups excluding carboxylic acids is 2. The summed E-state index contributed by atoms with van der Waals surface area (Å²) < 4.78 is 0. The number of anilines is 1. The number of halogens is 2. The van der Waals surface area contributed by atoms with Gasteiger partial charge in [-0.3, -0.25) is 14.5 Å². The molecular weight excluding hydrogens is 389 g/mol. The molecule has 9 heteroatoms. The molecule has 140 valence electrons. The van der Waals surface area contributed by atoms with E-state index in [1.807, 2.05) is 13.0 Å². The van der Waals surface area contributed by atoms with E-state index in [1.54, 1.807) is 25.2 Å². The second-order valence-electron chi connectivity index (χ2n) is 6.39. The van der Waals surface area contributed by atoms with Gasteiger partial charge in [0, 0.05) is 18.9 Å². The van der Waals surface area contributed by atoms with Crippen molar-refractivity contribution in [2.75, 3.05) is 12.4 Å². The van der Waals surface area contributed by atoms with Gasteiger partial charge < -0.3 is 11.1 Å². The number of benzene rings is 1. The van der Waals surface area contributed by atoms with E-state index in [-0.39, 0.29) is 29.0 Å². The molecule has 3 N–H and O–H groups in total. The SMILES string of the molecule is CN1C(=O)CC(C)(c2cccc(NC(=O)c3ncc(Cl)cc3Cl)c2)N=C1N. The number of aromatic nitrogens is 1. The number of nitrogens with two attached hydrogens (primary N) is 1. The Morgan fingerprint density at radius 1 is 1.33 bits per heavy atom. The molecule has 3 rings (SSSR count). The standard InChI is InChI=1S/C18H17Cl2N5O2/c1-18(8-14(26)25(2)17(21)24-18)10-4-3-5-12(6-10)23-16(27)15-13(20)7-11(19)9-22-15/h3-7,9H,8H2,1-2H3,(H2,21,24)(H,23,27). The van der Waals surface area contributed by atoms with Gasteiger partial charge in [-0.15, -0.1) is 0 Å². The first kappa shape index (κ1) is 19.1. The van der Waals surface area contributed by atoms with Gasteiger partial charge in [-0.2, -0.15) is 0 Å². The van der Waals surface area contributed by atoms with Crippen molar-refractivity contribution in [3.8, 4) is 0 Å². The topological polar surface area (TPSA) is 101 Å². The Hall–Kier alpha value is -2.64. The molecule has 1 aliphatic rings. The number of guanidine groups is 1. The average Bonchev–Trinajstić information content (AvgIpc) is 2.59. The van der Waals surface area contributed by atoms with Crippen LogP contribution >= 0.6 is 23.2 Å². The van der Waals surface area contributed by atoms with Crippen LogP contribution in [0.25, 0.3) is 0 Å². The summed E-state index contributed by atoms with van der Waals surface area (Å²) in [4.78, 5) is 34.4. The highest BCUT2D eigenvalue weighted by atomic mass is 35.5. The van der Waals surface area contributed by atoms with Crippen LogP contribution in [0.5, 0.6) is 0 Å². The molecule has 0 saturated carbocycles. The molecule has 2 amide bonds. The van der Waals surface area contributed by atoms with E-state index in [1.165, 1.54) is 17.2 Å². The number of amides is 2. The van der Waals surface area contributed by atoms with Crippen LogP contribution in [0.15, 0.2) is 41.5 Å². The van der Waals surface area contributed by atoms with Crippen molar-refractivity contribution in [1.82, 2.24) is 9.88 Å². The van der Waals surface area contributed by atoms with Crippen LogP contribution in [0.4, 0.5) is 5.69 Å². The summed E-state index contributed by atoms with van der Waals surface area (Å²) in [5.41, 5.74) is 6.38. The number of aliphatic imine (C=N–C) groups is 1. The highest BCUT2D eigenvalue weighted by Crippen LogP contribution is 2.34. The normalized spacial score (nSPS) is 19.6. The Labute approximate surface area is 166 Å². The van der Waals surface area contributed by atoms with Crippen LogP contribution in [0, 0.1) is 0 Å². The highest BCUT2D eigenvalue weighted by molar-refractivity contribution is 6.36. The maximum absolute atomic E-state index is 12.5. The number of nitrogens with zero attached hydrogens (tertiary/aromatic N) is 3. The molecular formula is C18H17Cl2N5O2. The fourth-order valence-corrected chi connectivity index (χ4v) is 3.24. The van der Waals surface area contributed by atoms with Gasteiger partial charge in [-0.25, -0.2) is 9.98 Å². The zero-order chi connectivity index (χ0) is 19.8. The molecule has 2 aromatic rings. The minimum atomic E-state index is -0.815. The molecule has 1 aromatic heterocycles. The molecule has 27 heavy (non-hydrogen) atoms. The molecule has 1 aromatic carbocycles. The van der Waals surface area contributed by atoms with Gasteiger partial charge >= 0.3 is 0 Å². The minimum Gasteiger partial charge on any atom is -0.369 e. The van der Waals surface area contributed by atoms with E-state index in [9.17, 15) is 9.59 Å². The fraction of sp³-hybridized carbons (Fsp3) is 0.222. The van der Waals surface area contributed by atoms with Crippen molar-refractivity contribution in [3.63, 3.8) is 0 Å². The molecule has 1 aliphatic heterocycles. The van der Waals surface area contributed by atoms with E-state index in [4.69, 9.17) is 28.9 Å². The van der Waals surface area contributed by atoms with Gasteiger partial charge in [0.25, 0.3) is 5.91 Å². The van der Waals surface area contributed by atoms with Crippen LogP contribution in [0.3, 0.4) is 0 Å². The summed E-state index contributed by atoms with van der Waals surface area (Å²) in [7, 11) is 1.58. The number of pyridine rings is 1. The lowest BCUT2D eigenvalue weighted by Crippen LogP contribution is -2.47. The van der Waals surface area contributed by atoms with Crippen LogP contribution in [0.1, 0.15) is 29.4 Å². The minimum absolute atomic E-state index is 0.0643. The molecule has 2 heterocycles. The van der Waals surface area contributed by atoms with Gasteiger partial charge in [0.15, 0.2) is 5.96 Å². The monoisotopic (exact) mass is 405 g/mol. The number of hydrogen-bond donors (Lipinski definition) is 2. The summed E-state index contributed by atoms with van der Waals surface area (Å²) >= 11 is 11.8. The number of hydrogen-bond acceptors (Lipinski definition) is 5. The van der Waals surface area contributed by atoms with E-state index in [0.717, 1.165) is 5.56 Å². The summed E-state index contributed by atoms with van der Waals surface area (Å²) in [6.07, 6.45) is 1.52. The molecule has 0 bridgehead atoms. The first-order chi connectivity index (χ1) is 12.7. The number of carbonyl (C=O) groups is 2. The lowest BCUT2D eigenvalue weighted by molar-refractivity contribution is -0.128. The molecule has 1 unspecified atom stereocenters. The van der Waals surface area contributed by atoms with Crippen LogP contribution in [-0.2, 0) is 10.3 Å². The second-order valence-corrected chi connectivity index (χ2v) is 7.24. The average molecular weight is 406 g/mol. The molecule has 7 nitrogen and oxygen atoms in total. The van der Waals surface area contributed by atoms with Gasteiger partial charge in [-0.05, 0) is 30.7 Å². The van der Waals surface area contributed by atoms with E-state index in [0.29, 0.717) is 10.7 Å². The zero-order valence-electron chi connectivity index (χ0n) is 14.7. The van der Waals surface area contributed by atoms with Crippen molar-refractivity contribution in [3.05, 3.63) is 57.8 Å². The lowest BCUT2D eigenvalue weighted by atomic mass is 9.87. The van der Waals surface area contributed by atoms with Crippen molar-refractivity contribution in [1.29, 1.82) is 0 Å². The van der Waals surface area contributed by atoms with E-state index < -0.39 is 11.4 Å².